The smallest absolute Gasteiger partial charge is 0.327 e. The Hall–Kier alpha value is -0.830. The van der Waals surface area contributed by atoms with Crippen LogP contribution in [0.15, 0.2) is 30.3 Å². The molecule has 0 aliphatic rings. The molecule has 14 heavy (non-hydrogen) atoms. The van der Waals surface area contributed by atoms with Crippen molar-refractivity contribution >= 4 is 21.9 Å². The number of hydrogen-bond donors (Lipinski definition) is 0. The molecule has 0 heterocycles. The third-order valence-electron chi connectivity index (χ3n) is 1.97. The molecule has 1 atom stereocenters. The van der Waals surface area contributed by atoms with Gasteiger partial charge in [-0.1, -0.05) is 46.3 Å². The molecule has 1 rings (SSSR count). The molecule has 0 amide bonds. The minimum atomic E-state index is -0.746. The number of carbonyl (C=O) groups excluding carboxylic acids is 1. The second kappa shape index (κ2) is 4.60. The molecule has 0 radical (unpaired) electrons. The number of halogens is 1. The summed E-state index contributed by atoms with van der Waals surface area (Å²) in [5, 5.41) is 0. The van der Waals surface area contributed by atoms with E-state index in [9.17, 15) is 4.79 Å². The zero-order valence-electron chi connectivity index (χ0n) is 8.29. The number of benzene rings is 1. The highest BCUT2D eigenvalue weighted by Crippen LogP contribution is 2.31. The van der Waals surface area contributed by atoms with Gasteiger partial charge in [-0.05, 0) is 19.4 Å². The molecule has 0 saturated carbocycles. The fourth-order valence-electron chi connectivity index (χ4n) is 1.14. The molecule has 1 aromatic carbocycles. The van der Waals surface area contributed by atoms with E-state index in [1.807, 2.05) is 30.3 Å². The first-order valence-corrected chi connectivity index (χ1v) is 5.30. The molecule has 1 aromatic rings. The predicted octanol–water partition coefficient (Wildman–Crippen LogP) is 2.86. The molecule has 0 spiro atoms. The lowest BCUT2D eigenvalue weighted by Crippen LogP contribution is -2.27. The Labute approximate surface area is 92.4 Å². The van der Waals surface area contributed by atoms with E-state index in [0.29, 0.717) is 6.61 Å². The first-order valence-electron chi connectivity index (χ1n) is 4.50. The van der Waals surface area contributed by atoms with E-state index in [1.165, 1.54) is 0 Å². The van der Waals surface area contributed by atoms with E-state index in [-0.39, 0.29) is 5.97 Å². The Morgan fingerprint density at radius 2 is 2.00 bits per heavy atom. The van der Waals surface area contributed by atoms with Gasteiger partial charge in [0.2, 0.25) is 0 Å². The average Bonchev–Trinajstić information content (AvgIpc) is 2.19. The summed E-state index contributed by atoms with van der Waals surface area (Å²) in [6, 6.07) is 9.50. The lowest BCUT2D eigenvalue weighted by Gasteiger charge is -2.20. The van der Waals surface area contributed by atoms with Gasteiger partial charge in [0, 0.05) is 0 Å². The van der Waals surface area contributed by atoms with E-state index >= 15 is 0 Å². The first kappa shape index (κ1) is 11.2. The van der Waals surface area contributed by atoms with Crippen LogP contribution in [0.3, 0.4) is 0 Å². The van der Waals surface area contributed by atoms with Crippen LogP contribution in [0.25, 0.3) is 0 Å². The highest BCUT2D eigenvalue weighted by molar-refractivity contribution is 9.10. The molecule has 76 valence electrons. The summed E-state index contributed by atoms with van der Waals surface area (Å²) in [6.45, 7) is 3.99. The molecule has 0 aliphatic heterocycles. The fourth-order valence-corrected chi connectivity index (χ4v) is 1.51. The predicted molar refractivity (Wildman–Crippen MR) is 59.4 cm³/mol. The molecule has 0 aromatic heterocycles. The van der Waals surface area contributed by atoms with Crippen LogP contribution in [0.4, 0.5) is 0 Å². The molecule has 0 saturated heterocycles. The third-order valence-corrected chi connectivity index (χ3v) is 2.76. The van der Waals surface area contributed by atoms with Gasteiger partial charge in [-0.3, -0.25) is 4.79 Å². The lowest BCUT2D eigenvalue weighted by molar-refractivity contribution is -0.145. The van der Waals surface area contributed by atoms with Gasteiger partial charge in [0.25, 0.3) is 0 Å². The van der Waals surface area contributed by atoms with Crippen molar-refractivity contribution in [3.05, 3.63) is 35.9 Å². The number of alkyl halides is 1. The molecule has 2 nitrogen and oxygen atoms in total. The normalized spacial score (nSPS) is 14.5. The van der Waals surface area contributed by atoms with Crippen molar-refractivity contribution in [2.45, 2.75) is 18.2 Å². The summed E-state index contributed by atoms with van der Waals surface area (Å²) in [6.07, 6.45) is 0. The van der Waals surface area contributed by atoms with Crippen LogP contribution in [0.2, 0.25) is 0 Å². The topological polar surface area (TPSA) is 26.3 Å². The highest BCUT2D eigenvalue weighted by Gasteiger charge is 2.33. The van der Waals surface area contributed by atoms with Gasteiger partial charge >= 0.3 is 5.97 Å². The molecule has 0 unspecified atom stereocenters. The van der Waals surface area contributed by atoms with Crippen molar-refractivity contribution in [3.63, 3.8) is 0 Å². The Bertz CT molecular complexity index is 306. The standard InChI is InChI=1S/C11H13BrO2/c1-3-14-10(13)11(2,12)9-7-5-4-6-8-9/h4-8H,3H2,1-2H3/t11-/m0/s1. The number of hydrogen-bond acceptors (Lipinski definition) is 2. The van der Waals surface area contributed by atoms with Crippen LogP contribution >= 0.6 is 15.9 Å². The van der Waals surface area contributed by atoms with Gasteiger partial charge < -0.3 is 4.74 Å². The highest BCUT2D eigenvalue weighted by atomic mass is 79.9. The van der Waals surface area contributed by atoms with Crippen molar-refractivity contribution in [1.29, 1.82) is 0 Å². The fraction of sp³-hybridized carbons (Fsp3) is 0.364. The molecular formula is C11H13BrO2. The molecule has 0 bridgehead atoms. The van der Waals surface area contributed by atoms with Gasteiger partial charge in [-0.2, -0.15) is 0 Å². The van der Waals surface area contributed by atoms with Gasteiger partial charge in [0.1, 0.15) is 4.32 Å². The zero-order valence-corrected chi connectivity index (χ0v) is 9.87. The first-order chi connectivity index (χ1) is 6.59. The Morgan fingerprint density at radius 3 is 2.50 bits per heavy atom. The van der Waals surface area contributed by atoms with Crippen LogP contribution in [-0.2, 0) is 13.9 Å². The van der Waals surface area contributed by atoms with Gasteiger partial charge in [-0.25, -0.2) is 0 Å². The van der Waals surface area contributed by atoms with Crippen molar-refractivity contribution in [3.8, 4) is 0 Å². The average molecular weight is 257 g/mol. The molecule has 0 fully saturated rings. The summed E-state index contributed by atoms with van der Waals surface area (Å²) in [5.74, 6) is -0.258. The van der Waals surface area contributed by atoms with E-state index < -0.39 is 4.32 Å². The Morgan fingerprint density at radius 1 is 1.43 bits per heavy atom. The maximum atomic E-state index is 11.6. The second-order valence-electron chi connectivity index (χ2n) is 3.09. The Kier molecular flexibility index (Phi) is 3.69. The maximum Gasteiger partial charge on any atom is 0.327 e. The number of esters is 1. The summed E-state index contributed by atoms with van der Waals surface area (Å²) in [4.78, 5) is 11.6. The largest absolute Gasteiger partial charge is 0.465 e. The molecule has 0 aliphatic carbocycles. The van der Waals surface area contributed by atoms with E-state index in [4.69, 9.17) is 4.74 Å². The van der Waals surface area contributed by atoms with Crippen molar-refractivity contribution in [1.82, 2.24) is 0 Å². The van der Waals surface area contributed by atoms with E-state index in [0.717, 1.165) is 5.56 Å². The minimum Gasteiger partial charge on any atom is -0.465 e. The van der Waals surface area contributed by atoms with Crippen LogP contribution in [0, 0.1) is 0 Å². The minimum absolute atomic E-state index is 0.258. The molecular weight excluding hydrogens is 244 g/mol. The van der Waals surface area contributed by atoms with Crippen molar-refractivity contribution in [2.24, 2.45) is 0 Å². The summed E-state index contributed by atoms with van der Waals surface area (Å²) < 4.78 is 4.23. The van der Waals surface area contributed by atoms with E-state index in [2.05, 4.69) is 15.9 Å². The van der Waals surface area contributed by atoms with Gasteiger partial charge in [-0.15, -0.1) is 0 Å². The third kappa shape index (κ3) is 2.35. The number of rotatable bonds is 3. The monoisotopic (exact) mass is 256 g/mol. The van der Waals surface area contributed by atoms with E-state index in [1.54, 1.807) is 13.8 Å². The summed E-state index contributed by atoms with van der Waals surface area (Å²) >= 11 is 3.38. The second-order valence-corrected chi connectivity index (χ2v) is 4.68. The maximum absolute atomic E-state index is 11.6. The summed E-state index contributed by atoms with van der Waals surface area (Å²) in [7, 11) is 0. The summed E-state index contributed by atoms with van der Waals surface area (Å²) in [5.41, 5.74) is 0.901. The SMILES string of the molecule is CCOC(=O)[C@@](C)(Br)c1ccccc1. The molecule has 0 N–H and O–H groups in total. The zero-order chi connectivity index (χ0) is 10.6. The van der Waals surface area contributed by atoms with Gasteiger partial charge in [0.05, 0.1) is 6.61 Å². The number of carbonyl (C=O) groups is 1. The van der Waals surface area contributed by atoms with Crippen LogP contribution in [0.1, 0.15) is 19.4 Å². The number of ether oxygens (including phenoxy) is 1. The van der Waals surface area contributed by atoms with Crippen molar-refractivity contribution < 1.29 is 9.53 Å². The van der Waals surface area contributed by atoms with Gasteiger partial charge in [0.15, 0.2) is 0 Å². The quantitative estimate of drug-likeness (QED) is 0.614. The Balaban J connectivity index is 2.90. The molecule has 3 heteroatoms. The van der Waals surface area contributed by atoms with Crippen molar-refractivity contribution in [2.75, 3.05) is 6.61 Å². The van der Waals surface area contributed by atoms with Crippen LogP contribution in [0.5, 0.6) is 0 Å². The van der Waals surface area contributed by atoms with Crippen LogP contribution < -0.4 is 0 Å². The lowest BCUT2D eigenvalue weighted by atomic mass is 10.0. The van der Waals surface area contributed by atoms with Crippen LogP contribution in [-0.4, -0.2) is 12.6 Å².